The van der Waals surface area contributed by atoms with Crippen LogP contribution >= 0.6 is 0 Å². The summed E-state index contributed by atoms with van der Waals surface area (Å²) in [6, 6.07) is 2.17. The molecule has 4 nitrogen and oxygen atoms in total. The van der Waals surface area contributed by atoms with Gasteiger partial charge in [-0.1, -0.05) is 6.42 Å². The van der Waals surface area contributed by atoms with Crippen LogP contribution in [0, 0.1) is 0 Å². The maximum absolute atomic E-state index is 11.8. The molecule has 2 saturated carbocycles. The molecule has 3 fully saturated rings. The van der Waals surface area contributed by atoms with Crippen molar-refractivity contribution in [1.29, 1.82) is 0 Å². The fourth-order valence-corrected chi connectivity index (χ4v) is 3.70. The van der Waals surface area contributed by atoms with Gasteiger partial charge in [-0.05, 0) is 56.1 Å². The zero-order valence-electron chi connectivity index (χ0n) is 12.3. The molecular weight excluding hydrogens is 264 g/mol. The van der Waals surface area contributed by atoms with Gasteiger partial charge in [-0.2, -0.15) is 0 Å². The summed E-state index contributed by atoms with van der Waals surface area (Å²) >= 11 is 0. The third kappa shape index (κ3) is 2.03. The van der Waals surface area contributed by atoms with Crippen LogP contribution in [-0.2, 0) is 10.2 Å². The minimum absolute atomic E-state index is 0.605. The van der Waals surface area contributed by atoms with E-state index in [-0.39, 0.29) is 0 Å². The first-order valence-electron chi connectivity index (χ1n) is 8.19. The van der Waals surface area contributed by atoms with E-state index in [2.05, 4.69) is 11.0 Å². The molecule has 4 rings (SSSR count). The van der Waals surface area contributed by atoms with Crippen LogP contribution in [0.1, 0.15) is 62.0 Å². The molecule has 0 radical (unpaired) electrons. The van der Waals surface area contributed by atoms with Crippen molar-refractivity contribution in [2.24, 2.45) is 0 Å². The fraction of sp³-hybridized carbons (Fsp3) is 0.647. The van der Waals surface area contributed by atoms with Gasteiger partial charge in [0.05, 0.1) is 5.41 Å². The lowest BCUT2D eigenvalue weighted by atomic mass is 9.79. The Hall–Kier alpha value is -1.58. The van der Waals surface area contributed by atoms with Crippen LogP contribution in [0.2, 0.25) is 0 Å². The molecule has 21 heavy (non-hydrogen) atoms. The van der Waals surface area contributed by atoms with Crippen molar-refractivity contribution in [3.8, 4) is 0 Å². The van der Waals surface area contributed by atoms with Gasteiger partial charge in [0.1, 0.15) is 5.82 Å². The van der Waals surface area contributed by atoms with Gasteiger partial charge in [-0.15, -0.1) is 0 Å². The average molecular weight is 286 g/mol. The minimum atomic E-state index is -0.671. The van der Waals surface area contributed by atoms with Crippen molar-refractivity contribution in [3.63, 3.8) is 0 Å². The molecule has 112 valence electrons. The zero-order valence-corrected chi connectivity index (χ0v) is 12.3. The smallest absolute Gasteiger partial charge is 0.314 e. The van der Waals surface area contributed by atoms with Crippen LogP contribution < -0.4 is 4.90 Å². The minimum Gasteiger partial charge on any atom is -0.481 e. The van der Waals surface area contributed by atoms with Crippen molar-refractivity contribution in [1.82, 2.24) is 4.98 Å². The van der Waals surface area contributed by atoms with E-state index in [9.17, 15) is 9.90 Å². The first kappa shape index (κ1) is 13.1. The number of hydrogen-bond donors (Lipinski definition) is 1. The molecule has 0 atom stereocenters. The molecule has 0 aromatic carbocycles. The van der Waals surface area contributed by atoms with Gasteiger partial charge < -0.3 is 10.0 Å². The number of anilines is 1. The molecule has 1 aromatic heterocycles. The number of nitrogens with zero attached hydrogens (tertiary/aromatic N) is 2. The van der Waals surface area contributed by atoms with E-state index in [0.717, 1.165) is 37.3 Å². The molecule has 0 bridgehead atoms. The molecule has 4 heteroatoms. The molecule has 3 aliphatic rings. The van der Waals surface area contributed by atoms with Gasteiger partial charge in [0.25, 0.3) is 0 Å². The Morgan fingerprint density at radius 3 is 2.48 bits per heavy atom. The number of carbonyl (C=O) groups is 1. The first-order chi connectivity index (χ1) is 10.2. The normalized spacial score (nSPS) is 23.9. The first-order valence-corrected chi connectivity index (χ1v) is 8.19. The Bertz CT molecular complexity index is 570. The summed E-state index contributed by atoms with van der Waals surface area (Å²) in [4.78, 5) is 18.8. The molecule has 0 spiro atoms. The number of hydrogen-bond acceptors (Lipinski definition) is 3. The molecule has 1 aliphatic heterocycles. The Balaban J connectivity index is 1.77. The Morgan fingerprint density at radius 1 is 1.24 bits per heavy atom. The number of carboxylic acids is 1. The van der Waals surface area contributed by atoms with Crippen molar-refractivity contribution in [3.05, 3.63) is 23.4 Å². The number of pyridine rings is 1. The van der Waals surface area contributed by atoms with Gasteiger partial charge >= 0.3 is 5.97 Å². The summed E-state index contributed by atoms with van der Waals surface area (Å²) in [5.74, 6) is 0.874. The quantitative estimate of drug-likeness (QED) is 0.924. The standard InChI is InChI=1S/C17H22N2O2/c20-16(21)17(6-7-17)14-10-13(12-4-3-5-12)11-18-15(14)19-8-1-2-9-19/h10-12H,1-9H2,(H,20,21). The molecule has 0 unspecified atom stereocenters. The summed E-state index contributed by atoms with van der Waals surface area (Å²) in [5, 5.41) is 9.68. The topological polar surface area (TPSA) is 53.4 Å². The van der Waals surface area contributed by atoms with Crippen molar-refractivity contribution in [2.45, 2.75) is 56.3 Å². The van der Waals surface area contributed by atoms with Crippen molar-refractivity contribution in [2.75, 3.05) is 18.0 Å². The summed E-state index contributed by atoms with van der Waals surface area (Å²) in [5.41, 5.74) is 1.60. The third-order valence-corrected chi connectivity index (χ3v) is 5.54. The van der Waals surface area contributed by atoms with E-state index in [0.29, 0.717) is 5.92 Å². The van der Waals surface area contributed by atoms with Crippen molar-refractivity contribution >= 4 is 11.8 Å². The number of rotatable bonds is 4. The fourth-order valence-electron chi connectivity index (χ4n) is 3.70. The Labute approximate surface area is 125 Å². The number of aliphatic carboxylic acids is 1. The second-order valence-electron chi connectivity index (χ2n) is 6.85. The van der Waals surface area contributed by atoms with Gasteiger partial charge in [0, 0.05) is 24.8 Å². The molecule has 1 N–H and O–H groups in total. The van der Waals surface area contributed by atoms with Gasteiger partial charge in [-0.3, -0.25) is 4.79 Å². The lowest BCUT2D eigenvalue weighted by Crippen LogP contribution is -2.27. The Morgan fingerprint density at radius 2 is 1.95 bits per heavy atom. The van der Waals surface area contributed by atoms with Gasteiger partial charge in [0.15, 0.2) is 0 Å². The van der Waals surface area contributed by atoms with Crippen LogP contribution in [0.3, 0.4) is 0 Å². The van der Waals surface area contributed by atoms with E-state index < -0.39 is 11.4 Å². The second kappa shape index (κ2) is 4.72. The predicted molar refractivity (Wildman–Crippen MR) is 80.8 cm³/mol. The molecule has 1 aromatic rings. The second-order valence-corrected chi connectivity index (χ2v) is 6.85. The van der Waals surface area contributed by atoms with Gasteiger partial charge in [-0.25, -0.2) is 4.98 Å². The summed E-state index contributed by atoms with van der Waals surface area (Å²) in [6.07, 6.45) is 9.64. The van der Waals surface area contributed by atoms with Crippen LogP contribution in [0.25, 0.3) is 0 Å². The summed E-state index contributed by atoms with van der Waals surface area (Å²) in [6.45, 7) is 2.02. The highest BCUT2D eigenvalue weighted by atomic mass is 16.4. The SMILES string of the molecule is O=C(O)C1(c2cc(C3CCC3)cnc2N2CCCC2)CC1. The van der Waals surface area contributed by atoms with Crippen LogP contribution in [-0.4, -0.2) is 29.1 Å². The van der Waals surface area contributed by atoms with E-state index in [1.54, 1.807) is 0 Å². The predicted octanol–water partition coefficient (Wildman–Crippen LogP) is 3.07. The molecular formula is C17H22N2O2. The maximum Gasteiger partial charge on any atom is 0.314 e. The monoisotopic (exact) mass is 286 g/mol. The summed E-state index contributed by atoms with van der Waals surface area (Å²) in [7, 11) is 0. The maximum atomic E-state index is 11.8. The highest BCUT2D eigenvalue weighted by Gasteiger charge is 2.54. The lowest BCUT2D eigenvalue weighted by Gasteiger charge is -2.29. The van der Waals surface area contributed by atoms with Crippen molar-refractivity contribution < 1.29 is 9.90 Å². The average Bonchev–Trinajstić information content (AvgIpc) is 3.06. The summed E-state index contributed by atoms with van der Waals surface area (Å²) < 4.78 is 0. The van der Waals surface area contributed by atoms with E-state index in [1.165, 1.54) is 37.7 Å². The Kier molecular flexibility index (Phi) is 2.95. The number of aromatic nitrogens is 1. The molecule has 0 amide bonds. The van der Waals surface area contributed by atoms with E-state index in [1.807, 2.05) is 6.20 Å². The van der Waals surface area contributed by atoms with E-state index >= 15 is 0 Å². The molecule has 2 aliphatic carbocycles. The zero-order chi connectivity index (χ0) is 14.4. The highest BCUT2D eigenvalue weighted by molar-refractivity contribution is 5.87. The van der Waals surface area contributed by atoms with Gasteiger partial charge in [0.2, 0.25) is 0 Å². The molecule has 1 saturated heterocycles. The lowest BCUT2D eigenvalue weighted by molar-refractivity contribution is -0.140. The van der Waals surface area contributed by atoms with E-state index in [4.69, 9.17) is 4.98 Å². The molecule has 2 heterocycles. The highest BCUT2D eigenvalue weighted by Crippen LogP contribution is 2.52. The van der Waals surface area contributed by atoms with Crippen LogP contribution in [0.15, 0.2) is 12.3 Å². The number of carboxylic acid groups (broad SMARTS) is 1. The third-order valence-electron chi connectivity index (χ3n) is 5.54. The van der Waals surface area contributed by atoms with Crippen LogP contribution in [0.5, 0.6) is 0 Å². The van der Waals surface area contributed by atoms with Crippen LogP contribution in [0.4, 0.5) is 5.82 Å². The largest absolute Gasteiger partial charge is 0.481 e.